The summed E-state index contributed by atoms with van der Waals surface area (Å²) < 4.78 is 1.39. The highest BCUT2D eigenvalue weighted by molar-refractivity contribution is 5.61. The molecular weight excluding hydrogens is 274 g/mol. The Morgan fingerprint density at radius 2 is 1.82 bits per heavy atom. The summed E-state index contributed by atoms with van der Waals surface area (Å²) in [7, 11) is 1.68. The van der Waals surface area contributed by atoms with Crippen LogP contribution in [0.2, 0.25) is 0 Å². The van der Waals surface area contributed by atoms with Crippen molar-refractivity contribution in [3.8, 4) is 11.3 Å². The largest absolute Gasteiger partial charge is 0.322 e. The lowest BCUT2D eigenvalue weighted by Gasteiger charge is -2.20. The first-order chi connectivity index (χ1) is 10.4. The van der Waals surface area contributed by atoms with Crippen LogP contribution < -0.4 is 11.3 Å². The van der Waals surface area contributed by atoms with Crippen LogP contribution in [0.25, 0.3) is 11.3 Å². The first-order valence-corrected chi connectivity index (χ1v) is 7.86. The molecule has 1 heterocycles. The summed E-state index contributed by atoms with van der Waals surface area (Å²) in [6.45, 7) is 3.70. The van der Waals surface area contributed by atoms with E-state index in [4.69, 9.17) is 5.73 Å². The van der Waals surface area contributed by atoms with Crippen LogP contribution in [-0.4, -0.2) is 9.78 Å². The monoisotopic (exact) mass is 297 g/mol. The minimum absolute atomic E-state index is 0.130. The third-order valence-corrected chi connectivity index (χ3v) is 4.40. The Bertz CT molecular complexity index is 769. The van der Waals surface area contributed by atoms with Gasteiger partial charge in [0.15, 0.2) is 0 Å². The van der Waals surface area contributed by atoms with Gasteiger partial charge in [0.25, 0.3) is 5.56 Å². The van der Waals surface area contributed by atoms with Gasteiger partial charge in [-0.3, -0.25) is 4.79 Å². The Labute approximate surface area is 131 Å². The molecule has 4 heteroatoms. The van der Waals surface area contributed by atoms with Crippen molar-refractivity contribution in [2.45, 2.75) is 45.1 Å². The molecule has 0 bridgehead atoms. The fraction of sp³-hybridized carbons (Fsp3) is 0.444. The maximum absolute atomic E-state index is 12.3. The number of hydrogen-bond acceptors (Lipinski definition) is 3. The zero-order chi connectivity index (χ0) is 15.9. The zero-order valence-electron chi connectivity index (χ0n) is 13.5. The number of nitrogens with two attached hydrogens (primary N) is 1. The maximum atomic E-state index is 12.3. The Morgan fingerprint density at radius 3 is 2.50 bits per heavy atom. The molecule has 1 aromatic heterocycles. The highest BCUT2D eigenvalue weighted by Crippen LogP contribution is 2.27. The van der Waals surface area contributed by atoms with Gasteiger partial charge in [-0.1, -0.05) is 12.1 Å². The molecule has 0 spiro atoms. The van der Waals surface area contributed by atoms with E-state index in [0.29, 0.717) is 5.56 Å². The average Bonchev–Trinajstić information content (AvgIpc) is 2.48. The molecule has 0 radical (unpaired) electrons. The second-order valence-corrected chi connectivity index (χ2v) is 6.78. The van der Waals surface area contributed by atoms with Gasteiger partial charge >= 0.3 is 0 Å². The van der Waals surface area contributed by atoms with E-state index < -0.39 is 5.54 Å². The third-order valence-electron chi connectivity index (χ3n) is 4.40. The molecule has 0 atom stereocenters. The first-order valence-electron chi connectivity index (χ1n) is 7.86. The predicted octanol–water partition coefficient (Wildman–Crippen LogP) is 2.52. The van der Waals surface area contributed by atoms with Gasteiger partial charge in [0.2, 0.25) is 0 Å². The van der Waals surface area contributed by atoms with Gasteiger partial charge in [0.1, 0.15) is 0 Å². The Kier molecular flexibility index (Phi) is 3.65. The van der Waals surface area contributed by atoms with E-state index in [2.05, 4.69) is 23.3 Å². The smallest absolute Gasteiger partial charge is 0.271 e. The molecule has 1 aliphatic rings. The lowest BCUT2D eigenvalue weighted by atomic mass is 9.89. The Balaban J connectivity index is 2.13. The van der Waals surface area contributed by atoms with E-state index in [-0.39, 0.29) is 5.56 Å². The van der Waals surface area contributed by atoms with Crippen molar-refractivity contribution >= 4 is 0 Å². The van der Waals surface area contributed by atoms with E-state index in [9.17, 15) is 4.79 Å². The molecule has 1 aliphatic carbocycles. The van der Waals surface area contributed by atoms with Crippen LogP contribution in [0.3, 0.4) is 0 Å². The molecule has 2 N–H and O–H groups in total. The topological polar surface area (TPSA) is 60.9 Å². The summed E-state index contributed by atoms with van der Waals surface area (Å²) in [5, 5.41) is 4.41. The number of benzene rings is 1. The van der Waals surface area contributed by atoms with Crippen LogP contribution >= 0.6 is 0 Å². The number of rotatable bonds is 2. The number of nitrogens with zero attached hydrogens (tertiary/aromatic N) is 2. The number of hydrogen-bond donors (Lipinski definition) is 1. The van der Waals surface area contributed by atoms with Crippen LogP contribution in [0.4, 0.5) is 0 Å². The van der Waals surface area contributed by atoms with Crippen LogP contribution in [0.15, 0.2) is 29.1 Å². The minimum atomic E-state index is -0.680. The lowest BCUT2D eigenvalue weighted by molar-refractivity contribution is 0.531. The van der Waals surface area contributed by atoms with Crippen LogP contribution in [0.5, 0.6) is 0 Å². The third kappa shape index (κ3) is 2.71. The highest BCUT2D eigenvalue weighted by atomic mass is 16.1. The molecule has 4 nitrogen and oxygen atoms in total. The van der Waals surface area contributed by atoms with E-state index in [1.54, 1.807) is 7.05 Å². The Morgan fingerprint density at radius 1 is 1.14 bits per heavy atom. The maximum Gasteiger partial charge on any atom is 0.271 e. The van der Waals surface area contributed by atoms with E-state index in [0.717, 1.165) is 24.1 Å². The lowest BCUT2D eigenvalue weighted by Crippen LogP contribution is -2.38. The van der Waals surface area contributed by atoms with Gasteiger partial charge in [-0.25, -0.2) is 4.68 Å². The fourth-order valence-electron chi connectivity index (χ4n) is 3.10. The minimum Gasteiger partial charge on any atom is -0.322 e. The summed E-state index contributed by atoms with van der Waals surface area (Å²) in [6.07, 6.45) is 4.82. The van der Waals surface area contributed by atoms with Gasteiger partial charge in [-0.15, -0.1) is 0 Å². The quantitative estimate of drug-likeness (QED) is 0.926. The van der Waals surface area contributed by atoms with Crippen molar-refractivity contribution in [3.05, 3.63) is 51.3 Å². The van der Waals surface area contributed by atoms with Gasteiger partial charge < -0.3 is 5.73 Å². The number of aromatic nitrogens is 2. The summed E-state index contributed by atoms with van der Waals surface area (Å²) in [6, 6.07) is 8.36. The average molecular weight is 297 g/mol. The summed E-state index contributed by atoms with van der Waals surface area (Å²) in [5.41, 5.74) is 10.6. The molecule has 0 saturated carbocycles. The van der Waals surface area contributed by atoms with E-state index in [1.165, 1.54) is 28.7 Å². The van der Waals surface area contributed by atoms with Crippen molar-refractivity contribution in [2.75, 3.05) is 0 Å². The van der Waals surface area contributed by atoms with Crippen molar-refractivity contribution in [2.24, 2.45) is 12.8 Å². The molecule has 0 aliphatic heterocycles. The Hall–Kier alpha value is -1.94. The predicted molar refractivity (Wildman–Crippen MR) is 88.8 cm³/mol. The molecular formula is C18H23N3O. The van der Waals surface area contributed by atoms with Crippen LogP contribution in [-0.2, 0) is 25.4 Å². The molecule has 0 amide bonds. The summed E-state index contributed by atoms with van der Waals surface area (Å²) in [4.78, 5) is 12.3. The van der Waals surface area contributed by atoms with Crippen molar-refractivity contribution < 1.29 is 0 Å². The normalized spacial score (nSPS) is 14.7. The van der Waals surface area contributed by atoms with Crippen LogP contribution in [0.1, 0.15) is 43.4 Å². The second kappa shape index (κ2) is 5.36. The van der Waals surface area contributed by atoms with Crippen molar-refractivity contribution in [3.63, 3.8) is 0 Å². The van der Waals surface area contributed by atoms with Gasteiger partial charge in [-0.05, 0) is 62.8 Å². The van der Waals surface area contributed by atoms with E-state index in [1.807, 2.05) is 19.9 Å². The summed E-state index contributed by atoms with van der Waals surface area (Å²) >= 11 is 0. The van der Waals surface area contributed by atoms with Crippen LogP contribution in [0, 0.1) is 0 Å². The first kappa shape index (κ1) is 15.0. The molecule has 0 unspecified atom stereocenters. The van der Waals surface area contributed by atoms with Gasteiger partial charge in [0, 0.05) is 23.7 Å². The highest BCUT2D eigenvalue weighted by Gasteiger charge is 2.21. The number of fused-ring (bicyclic) bond motifs is 1. The SMILES string of the molecule is Cn1nc(-c2ccc3c(c2)CCCC3)cc(C(C)(C)N)c1=O. The molecule has 2 aromatic rings. The fourth-order valence-corrected chi connectivity index (χ4v) is 3.10. The van der Waals surface area contributed by atoms with Crippen molar-refractivity contribution in [1.29, 1.82) is 0 Å². The molecule has 3 rings (SSSR count). The van der Waals surface area contributed by atoms with Gasteiger partial charge in [0.05, 0.1) is 5.69 Å². The molecule has 1 aromatic carbocycles. The number of aryl methyl sites for hydroxylation is 3. The molecule has 22 heavy (non-hydrogen) atoms. The molecule has 0 fully saturated rings. The standard InChI is InChI=1S/C18H23N3O/c1-18(2,19)15-11-16(20-21(3)17(15)22)14-9-8-12-6-4-5-7-13(12)10-14/h8-11H,4-7,19H2,1-3H3. The van der Waals surface area contributed by atoms with Gasteiger partial charge in [-0.2, -0.15) is 5.10 Å². The molecule has 116 valence electrons. The van der Waals surface area contributed by atoms with Crippen molar-refractivity contribution in [1.82, 2.24) is 9.78 Å². The zero-order valence-corrected chi connectivity index (χ0v) is 13.5. The van der Waals surface area contributed by atoms with E-state index >= 15 is 0 Å². The second-order valence-electron chi connectivity index (χ2n) is 6.78. The summed E-state index contributed by atoms with van der Waals surface area (Å²) in [5.74, 6) is 0. The molecule has 0 saturated heterocycles.